The first-order valence-corrected chi connectivity index (χ1v) is 9.01. The van der Waals surface area contributed by atoms with Crippen molar-refractivity contribution in [3.63, 3.8) is 0 Å². The zero-order chi connectivity index (χ0) is 21.6. The summed E-state index contributed by atoms with van der Waals surface area (Å²) in [7, 11) is 2.94. The maximum absolute atomic E-state index is 12.9. The van der Waals surface area contributed by atoms with Gasteiger partial charge in [0.15, 0.2) is 0 Å². The SMILES string of the molecule is COc1cc(OC)cc(N(C(=O)NCc2cc(Cl)ncn2)C(=O)OC(C)(C)C)c1. The number of benzene rings is 1. The summed E-state index contributed by atoms with van der Waals surface area (Å²) in [6.45, 7) is 5.14. The number of methoxy groups -OCH3 is 2. The van der Waals surface area contributed by atoms with Gasteiger partial charge in [-0.25, -0.2) is 19.6 Å². The highest BCUT2D eigenvalue weighted by molar-refractivity contribution is 6.29. The van der Waals surface area contributed by atoms with Crippen LogP contribution < -0.4 is 19.7 Å². The van der Waals surface area contributed by atoms with Gasteiger partial charge in [-0.1, -0.05) is 11.6 Å². The smallest absolute Gasteiger partial charge is 0.423 e. The Morgan fingerprint density at radius 2 is 1.69 bits per heavy atom. The van der Waals surface area contributed by atoms with E-state index in [1.54, 1.807) is 26.8 Å². The van der Waals surface area contributed by atoms with Gasteiger partial charge in [-0.15, -0.1) is 0 Å². The summed E-state index contributed by atoms with van der Waals surface area (Å²) in [4.78, 5) is 34.3. The predicted octanol–water partition coefficient (Wildman–Crippen LogP) is 3.80. The van der Waals surface area contributed by atoms with Gasteiger partial charge >= 0.3 is 12.1 Å². The van der Waals surface area contributed by atoms with Crippen molar-refractivity contribution in [2.45, 2.75) is 32.9 Å². The fraction of sp³-hybridized carbons (Fsp3) is 0.368. The van der Waals surface area contributed by atoms with Crippen LogP contribution in [-0.4, -0.2) is 41.9 Å². The van der Waals surface area contributed by atoms with E-state index in [1.165, 1.54) is 38.7 Å². The zero-order valence-electron chi connectivity index (χ0n) is 16.9. The molecular formula is C19H23ClN4O5. The summed E-state index contributed by atoms with van der Waals surface area (Å²) in [5, 5.41) is 2.86. The van der Waals surface area contributed by atoms with Crippen LogP contribution in [0.5, 0.6) is 11.5 Å². The summed E-state index contributed by atoms with van der Waals surface area (Å²) < 4.78 is 15.8. The first kappa shape index (κ1) is 22.2. The first-order chi connectivity index (χ1) is 13.6. The van der Waals surface area contributed by atoms with Crippen LogP contribution in [0.25, 0.3) is 0 Å². The number of carbonyl (C=O) groups is 2. The molecule has 0 aliphatic rings. The molecule has 1 aromatic heterocycles. The first-order valence-electron chi connectivity index (χ1n) is 8.63. The number of amides is 3. The van der Waals surface area contributed by atoms with Crippen molar-refractivity contribution in [1.82, 2.24) is 15.3 Å². The van der Waals surface area contributed by atoms with Gasteiger partial charge in [-0.2, -0.15) is 4.90 Å². The molecule has 1 heterocycles. The molecule has 0 saturated heterocycles. The van der Waals surface area contributed by atoms with E-state index in [2.05, 4.69) is 15.3 Å². The lowest BCUT2D eigenvalue weighted by Crippen LogP contribution is -2.46. The minimum atomic E-state index is -0.856. The fourth-order valence-electron chi connectivity index (χ4n) is 2.25. The van der Waals surface area contributed by atoms with Gasteiger partial charge in [-0.3, -0.25) is 0 Å². The molecule has 0 bridgehead atoms. The molecule has 0 aliphatic heterocycles. The summed E-state index contributed by atoms with van der Waals surface area (Å²) in [5.41, 5.74) is -0.113. The van der Waals surface area contributed by atoms with E-state index < -0.39 is 17.7 Å². The summed E-state index contributed by atoms with van der Waals surface area (Å²) >= 11 is 5.83. The molecule has 0 saturated carbocycles. The highest BCUT2D eigenvalue weighted by Crippen LogP contribution is 2.29. The molecule has 0 aliphatic carbocycles. The Bertz CT molecular complexity index is 863. The lowest BCUT2D eigenvalue weighted by Gasteiger charge is -2.26. The Kier molecular flexibility index (Phi) is 7.22. The van der Waals surface area contributed by atoms with E-state index in [9.17, 15) is 9.59 Å². The van der Waals surface area contributed by atoms with Crippen molar-refractivity contribution in [3.8, 4) is 11.5 Å². The number of ether oxygens (including phenoxy) is 3. The molecule has 0 spiro atoms. The van der Waals surface area contributed by atoms with Gasteiger partial charge < -0.3 is 19.5 Å². The predicted molar refractivity (Wildman–Crippen MR) is 108 cm³/mol. The number of carbonyl (C=O) groups excluding carboxylic acids is 2. The largest absolute Gasteiger partial charge is 0.497 e. The Balaban J connectivity index is 2.34. The monoisotopic (exact) mass is 422 g/mol. The Morgan fingerprint density at radius 1 is 1.07 bits per heavy atom. The van der Waals surface area contributed by atoms with Gasteiger partial charge in [0.1, 0.15) is 28.6 Å². The van der Waals surface area contributed by atoms with E-state index in [0.29, 0.717) is 17.2 Å². The number of urea groups is 1. The molecule has 0 unspecified atom stereocenters. The van der Waals surface area contributed by atoms with Crippen LogP contribution in [0.15, 0.2) is 30.6 Å². The van der Waals surface area contributed by atoms with Gasteiger partial charge in [-0.05, 0) is 26.8 Å². The molecule has 1 N–H and O–H groups in total. The van der Waals surface area contributed by atoms with Gasteiger partial charge in [0.25, 0.3) is 0 Å². The van der Waals surface area contributed by atoms with E-state index >= 15 is 0 Å². The molecule has 0 atom stereocenters. The maximum atomic E-state index is 12.9. The van der Waals surface area contributed by atoms with E-state index in [4.69, 9.17) is 25.8 Å². The number of imide groups is 1. The summed E-state index contributed by atoms with van der Waals surface area (Å²) in [6, 6.07) is 5.46. The van der Waals surface area contributed by atoms with Crippen LogP contribution in [0.2, 0.25) is 5.15 Å². The molecule has 1 aromatic carbocycles. The molecular weight excluding hydrogens is 400 g/mol. The number of nitrogens with zero attached hydrogens (tertiary/aromatic N) is 3. The number of halogens is 1. The molecule has 0 fully saturated rings. The van der Waals surface area contributed by atoms with E-state index in [0.717, 1.165) is 4.90 Å². The van der Waals surface area contributed by atoms with Crippen LogP contribution in [0.3, 0.4) is 0 Å². The van der Waals surface area contributed by atoms with Crippen molar-refractivity contribution in [2.75, 3.05) is 19.1 Å². The van der Waals surface area contributed by atoms with Crippen LogP contribution in [-0.2, 0) is 11.3 Å². The topological polar surface area (TPSA) is 103 Å². The highest BCUT2D eigenvalue weighted by Gasteiger charge is 2.29. The average molecular weight is 423 g/mol. The number of nitrogens with one attached hydrogen (secondary N) is 1. The number of hydrogen-bond acceptors (Lipinski definition) is 7. The van der Waals surface area contributed by atoms with E-state index in [1.807, 2.05) is 0 Å². The molecule has 156 valence electrons. The van der Waals surface area contributed by atoms with Crippen molar-refractivity contribution in [3.05, 3.63) is 41.4 Å². The van der Waals surface area contributed by atoms with Crippen LogP contribution in [0, 0.1) is 0 Å². The van der Waals surface area contributed by atoms with Crippen LogP contribution >= 0.6 is 11.6 Å². The Hall–Kier alpha value is -3.07. The zero-order valence-corrected chi connectivity index (χ0v) is 17.6. The standard InChI is InChI=1S/C19H23ClN4O5/c1-19(2,3)29-18(26)24(13-7-14(27-4)9-15(8-13)28-5)17(25)21-10-12-6-16(20)23-11-22-12/h6-9,11H,10H2,1-5H3,(H,21,25). The Morgan fingerprint density at radius 3 is 2.21 bits per heavy atom. The second kappa shape index (κ2) is 9.42. The third kappa shape index (κ3) is 6.49. The van der Waals surface area contributed by atoms with Gasteiger partial charge in [0.2, 0.25) is 0 Å². The number of hydrogen-bond donors (Lipinski definition) is 1. The number of rotatable bonds is 5. The molecule has 9 nitrogen and oxygen atoms in total. The lowest BCUT2D eigenvalue weighted by molar-refractivity contribution is 0.0593. The normalized spacial score (nSPS) is 10.8. The molecule has 2 rings (SSSR count). The average Bonchev–Trinajstić information content (AvgIpc) is 2.64. The quantitative estimate of drug-likeness (QED) is 0.731. The Labute approximate surface area is 173 Å². The molecule has 2 aromatic rings. The fourth-order valence-corrected chi connectivity index (χ4v) is 2.42. The third-order valence-electron chi connectivity index (χ3n) is 3.48. The van der Waals surface area contributed by atoms with Gasteiger partial charge in [0, 0.05) is 18.2 Å². The molecule has 3 amide bonds. The summed E-state index contributed by atoms with van der Waals surface area (Å²) in [5.74, 6) is 0.812. The minimum Gasteiger partial charge on any atom is -0.497 e. The number of aromatic nitrogens is 2. The third-order valence-corrected chi connectivity index (χ3v) is 3.69. The molecule has 10 heteroatoms. The van der Waals surface area contributed by atoms with Crippen LogP contribution in [0.4, 0.5) is 15.3 Å². The maximum Gasteiger partial charge on any atom is 0.423 e. The van der Waals surface area contributed by atoms with Crippen LogP contribution in [0.1, 0.15) is 26.5 Å². The highest BCUT2D eigenvalue weighted by atomic mass is 35.5. The van der Waals surface area contributed by atoms with Gasteiger partial charge in [0.05, 0.1) is 32.1 Å². The summed E-state index contributed by atoms with van der Waals surface area (Å²) in [6.07, 6.45) is 0.425. The second-order valence-electron chi connectivity index (χ2n) is 6.88. The second-order valence-corrected chi connectivity index (χ2v) is 7.26. The van der Waals surface area contributed by atoms with Crippen molar-refractivity contribution in [2.24, 2.45) is 0 Å². The van der Waals surface area contributed by atoms with Crippen molar-refractivity contribution >= 4 is 29.4 Å². The van der Waals surface area contributed by atoms with Crippen molar-refractivity contribution < 1.29 is 23.8 Å². The molecule has 0 radical (unpaired) electrons. The minimum absolute atomic E-state index is 0.0292. The van der Waals surface area contributed by atoms with E-state index in [-0.39, 0.29) is 17.4 Å². The lowest BCUT2D eigenvalue weighted by atomic mass is 10.2. The molecule has 29 heavy (non-hydrogen) atoms. The number of anilines is 1. The van der Waals surface area contributed by atoms with Crippen molar-refractivity contribution in [1.29, 1.82) is 0 Å².